The second-order valence-corrected chi connectivity index (χ2v) is 5.83. The fourth-order valence-electron chi connectivity index (χ4n) is 1.92. The molecule has 0 saturated carbocycles. The molecule has 0 fully saturated rings. The lowest BCUT2D eigenvalue weighted by atomic mass is 10.2. The molecule has 0 aliphatic heterocycles. The maximum absolute atomic E-state index is 12.1. The van der Waals surface area contributed by atoms with Gasteiger partial charge in [0.05, 0.1) is 17.1 Å². The van der Waals surface area contributed by atoms with Crippen LogP contribution in [0.5, 0.6) is 5.75 Å². The first-order valence-corrected chi connectivity index (χ1v) is 8.14. The van der Waals surface area contributed by atoms with E-state index in [0.717, 1.165) is 22.7 Å². The van der Waals surface area contributed by atoms with Crippen molar-refractivity contribution in [1.29, 1.82) is 0 Å². The lowest BCUT2D eigenvalue weighted by Gasteiger charge is -2.08. The van der Waals surface area contributed by atoms with Crippen LogP contribution < -0.4 is 10.1 Å². The number of carbonyl (C=O) groups is 1. The van der Waals surface area contributed by atoms with Gasteiger partial charge in [0.25, 0.3) is 6.43 Å². The smallest absolute Gasteiger partial charge is 0.272 e. The Morgan fingerprint density at radius 3 is 2.96 bits per heavy atom. The van der Waals surface area contributed by atoms with E-state index in [1.807, 2.05) is 12.3 Å². The summed E-state index contributed by atoms with van der Waals surface area (Å²) in [6.45, 7) is 1.70. The molecule has 1 aromatic heterocycles. The van der Waals surface area contributed by atoms with E-state index in [1.165, 1.54) is 0 Å². The third kappa shape index (κ3) is 5.94. The number of nitrogens with one attached hydrogen (secondary N) is 1. The maximum Gasteiger partial charge on any atom is 0.272 e. The Morgan fingerprint density at radius 2 is 2.26 bits per heavy atom. The van der Waals surface area contributed by atoms with Gasteiger partial charge in [-0.2, -0.15) is 0 Å². The molecule has 0 saturated heterocycles. The zero-order chi connectivity index (χ0) is 16.7. The highest BCUT2D eigenvalue weighted by atomic mass is 32.1. The minimum atomic E-state index is -2.51. The number of benzene rings is 1. The number of halogens is 2. The number of rotatable bonds is 8. The topological polar surface area (TPSA) is 51.2 Å². The molecular weight excluding hydrogens is 322 g/mol. The SMILES string of the molecule is CCc1nc(CC(=O)NCc2cccc(OCC(F)F)c2)cs1. The van der Waals surface area contributed by atoms with Crippen LogP contribution in [0.25, 0.3) is 0 Å². The largest absolute Gasteiger partial charge is 0.488 e. The lowest BCUT2D eigenvalue weighted by Crippen LogP contribution is -2.24. The summed E-state index contributed by atoms with van der Waals surface area (Å²) in [7, 11) is 0. The highest BCUT2D eigenvalue weighted by molar-refractivity contribution is 7.09. The third-order valence-corrected chi connectivity index (χ3v) is 4.05. The van der Waals surface area contributed by atoms with Crippen LogP contribution in [0.4, 0.5) is 8.78 Å². The monoisotopic (exact) mass is 340 g/mol. The molecule has 1 amide bonds. The average molecular weight is 340 g/mol. The summed E-state index contributed by atoms with van der Waals surface area (Å²) in [5, 5.41) is 5.69. The summed E-state index contributed by atoms with van der Waals surface area (Å²) in [6, 6.07) is 6.75. The van der Waals surface area contributed by atoms with Crippen LogP contribution in [0.2, 0.25) is 0 Å². The summed E-state index contributed by atoms with van der Waals surface area (Å²) >= 11 is 1.55. The van der Waals surface area contributed by atoms with Crippen LogP contribution >= 0.6 is 11.3 Å². The van der Waals surface area contributed by atoms with Gasteiger partial charge in [-0.3, -0.25) is 4.79 Å². The van der Waals surface area contributed by atoms with Crippen LogP contribution in [-0.2, 0) is 24.2 Å². The third-order valence-electron chi connectivity index (χ3n) is 3.01. The molecule has 0 atom stereocenters. The second kappa shape index (κ2) is 8.57. The van der Waals surface area contributed by atoms with E-state index >= 15 is 0 Å². The number of aromatic nitrogens is 1. The van der Waals surface area contributed by atoms with Crippen molar-refractivity contribution < 1.29 is 18.3 Å². The molecule has 1 heterocycles. The number of alkyl halides is 2. The number of amides is 1. The number of hydrogen-bond donors (Lipinski definition) is 1. The average Bonchev–Trinajstić information content (AvgIpc) is 2.99. The van der Waals surface area contributed by atoms with Crippen molar-refractivity contribution in [3.05, 3.63) is 45.9 Å². The Hall–Kier alpha value is -2.02. The summed E-state index contributed by atoms with van der Waals surface area (Å²) in [4.78, 5) is 16.3. The minimum Gasteiger partial charge on any atom is -0.488 e. The lowest BCUT2D eigenvalue weighted by molar-refractivity contribution is -0.120. The van der Waals surface area contributed by atoms with Gasteiger partial charge >= 0.3 is 0 Å². The van der Waals surface area contributed by atoms with E-state index in [2.05, 4.69) is 10.3 Å². The molecule has 0 aliphatic carbocycles. The van der Waals surface area contributed by atoms with Crippen LogP contribution in [0.3, 0.4) is 0 Å². The number of carbonyl (C=O) groups excluding carboxylic acids is 1. The predicted octanol–water partition coefficient (Wildman–Crippen LogP) is 3.21. The van der Waals surface area contributed by atoms with Gasteiger partial charge in [-0.25, -0.2) is 13.8 Å². The molecule has 2 rings (SSSR count). The van der Waals surface area contributed by atoms with Crippen molar-refractivity contribution in [2.24, 2.45) is 0 Å². The van der Waals surface area contributed by atoms with Crippen molar-refractivity contribution in [1.82, 2.24) is 10.3 Å². The number of aryl methyl sites for hydroxylation is 1. The first-order valence-electron chi connectivity index (χ1n) is 7.26. The van der Waals surface area contributed by atoms with E-state index in [1.54, 1.807) is 35.6 Å². The fourth-order valence-corrected chi connectivity index (χ4v) is 2.67. The van der Waals surface area contributed by atoms with Gasteiger partial charge in [0.15, 0.2) is 0 Å². The Labute approximate surface area is 137 Å². The van der Waals surface area contributed by atoms with Crippen molar-refractivity contribution in [2.75, 3.05) is 6.61 Å². The van der Waals surface area contributed by atoms with E-state index in [-0.39, 0.29) is 12.3 Å². The summed E-state index contributed by atoms with van der Waals surface area (Å²) in [6.07, 6.45) is -1.42. The van der Waals surface area contributed by atoms with Gasteiger partial charge in [0.2, 0.25) is 5.91 Å². The summed E-state index contributed by atoms with van der Waals surface area (Å²) in [5.74, 6) is 0.237. The molecular formula is C16H18F2N2O2S. The van der Waals surface area contributed by atoms with Gasteiger partial charge in [-0.1, -0.05) is 19.1 Å². The molecule has 4 nitrogen and oxygen atoms in total. The van der Waals surface area contributed by atoms with Gasteiger partial charge in [-0.05, 0) is 24.1 Å². The van der Waals surface area contributed by atoms with Crippen LogP contribution in [0, 0.1) is 0 Å². The first kappa shape index (κ1) is 17.3. The molecule has 0 aliphatic rings. The van der Waals surface area contributed by atoms with Crippen molar-refractivity contribution in [3.63, 3.8) is 0 Å². The summed E-state index contributed by atoms with van der Waals surface area (Å²) in [5.41, 5.74) is 1.55. The minimum absolute atomic E-state index is 0.128. The second-order valence-electron chi connectivity index (χ2n) is 4.89. The molecule has 1 N–H and O–H groups in total. The maximum atomic E-state index is 12.1. The molecule has 1 aromatic carbocycles. The number of thiazole rings is 1. The first-order chi connectivity index (χ1) is 11.1. The molecule has 2 aromatic rings. The molecule has 0 radical (unpaired) electrons. The molecule has 23 heavy (non-hydrogen) atoms. The molecule has 0 spiro atoms. The van der Waals surface area contributed by atoms with E-state index in [4.69, 9.17) is 4.74 Å². The van der Waals surface area contributed by atoms with E-state index in [9.17, 15) is 13.6 Å². The standard InChI is InChI=1S/C16H18F2N2O2S/c1-2-16-20-12(10-23-16)7-15(21)19-8-11-4-3-5-13(6-11)22-9-14(17)18/h3-6,10,14H,2,7-9H2,1H3,(H,19,21). The zero-order valence-electron chi connectivity index (χ0n) is 12.7. The Balaban J connectivity index is 1.82. The molecule has 124 valence electrons. The van der Waals surface area contributed by atoms with Gasteiger partial charge in [0, 0.05) is 11.9 Å². The predicted molar refractivity (Wildman–Crippen MR) is 85.0 cm³/mol. The molecule has 0 unspecified atom stereocenters. The van der Waals surface area contributed by atoms with Crippen molar-refractivity contribution >= 4 is 17.2 Å². The Morgan fingerprint density at radius 1 is 1.43 bits per heavy atom. The van der Waals surface area contributed by atoms with Gasteiger partial charge in [-0.15, -0.1) is 11.3 Å². The van der Waals surface area contributed by atoms with Crippen molar-refractivity contribution in [3.8, 4) is 5.75 Å². The van der Waals surface area contributed by atoms with Crippen LogP contribution in [-0.4, -0.2) is 23.9 Å². The Bertz CT molecular complexity index is 647. The Kier molecular flexibility index (Phi) is 6.46. The van der Waals surface area contributed by atoms with Crippen molar-refractivity contribution in [2.45, 2.75) is 32.7 Å². The number of hydrogen-bond acceptors (Lipinski definition) is 4. The molecule has 7 heteroatoms. The number of ether oxygens (including phenoxy) is 1. The number of nitrogens with zero attached hydrogens (tertiary/aromatic N) is 1. The summed E-state index contributed by atoms with van der Waals surface area (Å²) < 4.78 is 29.2. The molecule has 0 bridgehead atoms. The van der Waals surface area contributed by atoms with E-state index < -0.39 is 13.0 Å². The van der Waals surface area contributed by atoms with Crippen LogP contribution in [0.1, 0.15) is 23.2 Å². The highest BCUT2D eigenvalue weighted by Gasteiger charge is 2.08. The fraction of sp³-hybridized carbons (Fsp3) is 0.375. The van der Waals surface area contributed by atoms with E-state index in [0.29, 0.717) is 12.3 Å². The van der Waals surface area contributed by atoms with Gasteiger partial charge < -0.3 is 10.1 Å². The quantitative estimate of drug-likeness (QED) is 0.803. The normalized spacial score (nSPS) is 10.8. The van der Waals surface area contributed by atoms with Gasteiger partial charge in [0.1, 0.15) is 12.4 Å². The zero-order valence-corrected chi connectivity index (χ0v) is 13.5. The highest BCUT2D eigenvalue weighted by Crippen LogP contribution is 2.14. The van der Waals surface area contributed by atoms with Crippen LogP contribution in [0.15, 0.2) is 29.6 Å².